The van der Waals surface area contributed by atoms with Crippen LogP contribution in [0.25, 0.3) is 0 Å². The van der Waals surface area contributed by atoms with Gasteiger partial charge in [-0.2, -0.15) is 26.3 Å². The molecule has 8 nitrogen and oxygen atoms in total. The number of aryl methyl sites for hydroxylation is 1. The monoisotopic (exact) mass is 499 g/mol. The van der Waals surface area contributed by atoms with Crippen LogP contribution in [0.5, 0.6) is 0 Å². The van der Waals surface area contributed by atoms with E-state index < -0.39 is 57.2 Å². The molecule has 0 radical (unpaired) electrons. The summed E-state index contributed by atoms with van der Waals surface area (Å²) in [5, 5.41) is 8.62. The molecule has 0 unspecified atom stereocenters. The fraction of sp³-hybridized carbons (Fsp3) is 0.556. The van der Waals surface area contributed by atoms with Crippen molar-refractivity contribution in [3.8, 4) is 0 Å². The van der Waals surface area contributed by atoms with Gasteiger partial charge in [-0.05, 0) is 37.8 Å². The molecule has 1 N–H and O–H groups in total. The summed E-state index contributed by atoms with van der Waals surface area (Å²) in [4.78, 5) is 15.9. The lowest BCUT2D eigenvalue weighted by Gasteiger charge is -2.20. The van der Waals surface area contributed by atoms with Gasteiger partial charge in [-0.1, -0.05) is 0 Å². The van der Waals surface area contributed by atoms with Gasteiger partial charge in [0.2, 0.25) is 15.0 Å². The second kappa shape index (κ2) is 8.57. The number of amides is 1. The number of hydrogen-bond donors (Lipinski definition) is 1. The lowest BCUT2D eigenvalue weighted by molar-refractivity contribution is -0.141. The Balaban J connectivity index is 1.91. The van der Waals surface area contributed by atoms with Gasteiger partial charge >= 0.3 is 12.4 Å². The smallest absolute Gasteiger partial charge is 0.342 e. The number of hydrogen-bond acceptors (Lipinski definition) is 6. The van der Waals surface area contributed by atoms with Crippen LogP contribution in [0.3, 0.4) is 0 Å². The Hall–Kier alpha value is -2.71. The third-order valence-electron chi connectivity index (χ3n) is 4.97. The van der Waals surface area contributed by atoms with E-state index in [4.69, 9.17) is 0 Å². The molecule has 0 aliphatic heterocycles. The normalized spacial score (nSPS) is 16.0. The molecule has 33 heavy (non-hydrogen) atoms. The molecule has 0 saturated heterocycles. The molecule has 1 saturated carbocycles. The highest BCUT2D eigenvalue weighted by Gasteiger charge is 2.39. The van der Waals surface area contributed by atoms with E-state index in [9.17, 15) is 39.6 Å². The molecule has 3 rings (SSSR count). The van der Waals surface area contributed by atoms with E-state index in [0.29, 0.717) is 6.07 Å². The minimum absolute atomic E-state index is 0.0454. The maximum absolute atomic E-state index is 13.2. The molecule has 1 aliphatic carbocycles. The van der Waals surface area contributed by atoms with Crippen LogP contribution in [0, 0.1) is 12.8 Å². The Kier molecular flexibility index (Phi) is 6.47. The summed E-state index contributed by atoms with van der Waals surface area (Å²) in [6, 6.07) is -0.514. The van der Waals surface area contributed by atoms with E-state index in [2.05, 4.69) is 20.5 Å². The summed E-state index contributed by atoms with van der Waals surface area (Å²) < 4.78 is 104. The molecule has 1 atom stereocenters. The molecule has 2 aromatic rings. The van der Waals surface area contributed by atoms with Crippen molar-refractivity contribution in [2.24, 2.45) is 13.0 Å². The van der Waals surface area contributed by atoms with Crippen LogP contribution in [0.2, 0.25) is 0 Å². The molecular weight excluding hydrogens is 480 g/mol. The van der Waals surface area contributed by atoms with Gasteiger partial charge in [-0.25, -0.2) is 13.4 Å². The van der Waals surface area contributed by atoms with Crippen LogP contribution >= 0.6 is 0 Å². The van der Waals surface area contributed by atoms with Crippen molar-refractivity contribution in [1.29, 1.82) is 0 Å². The first-order valence-electron chi connectivity index (χ1n) is 9.63. The minimum Gasteiger partial charge on any atom is -0.342 e. The van der Waals surface area contributed by atoms with Gasteiger partial charge < -0.3 is 9.88 Å². The Morgan fingerprint density at radius 1 is 1.18 bits per heavy atom. The Labute approximate surface area is 184 Å². The van der Waals surface area contributed by atoms with Crippen LogP contribution < -0.4 is 5.32 Å². The number of sulfone groups is 1. The van der Waals surface area contributed by atoms with Crippen molar-refractivity contribution in [2.75, 3.05) is 5.75 Å². The van der Waals surface area contributed by atoms with E-state index in [-0.39, 0.29) is 22.9 Å². The quantitative estimate of drug-likeness (QED) is 0.587. The maximum atomic E-state index is 13.2. The average molecular weight is 499 g/mol. The summed E-state index contributed by atoms with van der Waals surface area (Å²) in [7, 11) is -2.75. The molecule has 2 aromatic heterocycles. The summed E-state index contributed by atoms with van der Waals surface area (Å²) in [6.07, 6.45) is -9.72. The first-order chi connectivity index (χ1) is 15.1. The van der Waals surface area contributed by atoms with Crippen molar-refractivity contribution in [2.45, 2.75) is 49.7 Å². The lowest BCUT2D eigenvalue weighted by Crippen LogP contribution is -2.34. The fourth-order valence-electron chi connectivity index (χ4n) is 3.20. The summed E-state index contributed by atoms with van der Waals surface area (Å²) in [5.41, 5.74) is -1.99. The molecule has 1 amide bonds. The van der Waals surface area contributed by atoms with Crippen molar-refractivity contribution < 1.29 is 39.6 Å². The zero-order valence-electron chi connectivity index (χ0n) is 17.3. The number of carbonyl (C=O) groups excluding carboxylic acids is 1. The topological polar surface area (TPSA) is 107 Å². The second-order valence-corrected chi connectivity index (χ2v) is 9.73. The largest absolute Gasteiger partial charge is 0.433 e. The Morgan fingerprint density at radius 2 is 1.82 bits per heavy atom. The number of carbonyl (C=O) groups is 1. The molecule has 0 bridgehead atoms. The van der Waals surface area contributed by atoms with Gasteiger partial charge in [0.1, 0.15) is 5.69 Å². The molecule has 0 aromatic carbocycles. The number of pyridine rings is 1. The highest BCUT2D eigenvalue weighted by Crippen LogP contribution is 2.33. The van der Waals surface area contributed by atoms with Crippen molar-refractivity contribution in [3.05, 3.63) is 34.9 Å². The predicted molar refractivity (Wildman–Crippen MR) is 101 cm³/mol. The molecule has 1 fully saturated rings. The van der Waals surface area contributed by atoms with Gasteiger partial charge in [-0.3, -0.25) is 4.79 Å². The molecule has 1 aliphatic rings. The highest BCUT2D eigenvalue weighted by molar-refractivity contribution is 7.91. The lowest BCUT2D eigenvalue weighted by atomic mass is 10.1. The second-order valence-electron chi connectivity index (χ2n) is 7.80. The fourth-order valence-corrected chi connectivity index (χ4v) is 4.98. The summed E-state index contributed by atoms with van der Waals surface area (Å²) in [6.45, 7) is 1.10. The van der Waals surface area contributed by atoms with Gasteiger partial charge in [0.05, 0.1) is 29.5 Å². The van der Waals surface area contributed by atoms with Gasteiger partial charge in [0.15, 0.2) is 5.82 Å². The number of rotatable bonds is 7. The van der Waals surface area contributed by atoms with E-state index >= 15 is 0 Å². The third kappa shape index (κ3) is 6.00. The van der Waals surface area contributed by atoms with Gasteiger partial charge in [0.25, 0.3) is 5.91 Å². The average Bonchev–Trinajstić information content (AvgIpc) is 3.36. The van der Waals surface area contributed by atoms with Crippen LogP contribution in [-0.2, 0) is 23.1 Å². The Morgan fingerprint density at radius 3 is 2.33 bits per heavy atom. The SMILES string of the molecule is Cc1nc(C(F)(F)F)ccc1C(=O)N[C@@H](CC(F)(F)F)c1nnc(S(=O)(=O)CC2CC2)n1C. The van der Waals surface area contributed by atoms with Crippen LogP contribution in [0.1, 0.15) is 52.9 Å². The number of nitrogens with one attached hydrogen (secondary N) is 1. The van der Waals surface area contributed by atoms with Crippen LogP contribution in [0.4, 0.5) is 26.3 Å². The Bertz CT molecular complexity index is 1160. The summed E-state index contributed by atoms with van der Waals surface area (Å²) >= 11 is 0. The van der Waals surface area contributed by atoms with E-state index in [0.717, 1.165) is 37.4 Å². The molecule has 182 valence electrons. The van der Waals surface area contributed by atoms with Crippen molar-refractivity contribution in [3.63, 3.8) is 0 Å². The first-order valence-corrected chi connectivity index (χ1v) is 11.3. The predicted octanol–water partition coefficient (Wildman–Crippen LogP) is 3.14. The number of halogens is 6. The zero-order chi connectivity index (χ0) is 24.8. The van der Waals surface area contributed by atoms with Crippen LogP contribution in [-0.4, -0.2) is 46.0 Å². The minimum atomic E-state index is -4.79. The molecule has 15 heteroatoms. The number of aromatic nitrogens is 4. The zero-order valence-corrected chi connectivity index (χ0v) is 18.1. The molecule has 2 heterocycles. The van der Waals surface area contributed by atoms with Crippen molar-refractivity contribution in [1.82, 2.24) is 25.1 Å². The number of alkyl halides is 6. The first kappa shape index (κ1) is 24.9. The third-order valence-corrected chi connectivity index (χ3v) is 6.79. The van der Waals surface area contributed by atoms with E-state index in [1.54, 1.807) is 0 Å². The van der Waals surface area contributed by atoms with Crippen molar-refractivity contribution >= 4 is 15.7 Å². The van der Waals surface area contributed by atoms with E-state index in [1.165, 1.54) is 0 Å². The van der Waals surface area contributed by atoms with Crippen LogP contribution in [0.15, 0.2) is 17.3 Å². The molecule has 0 spiro atoms. The number of nitrogens with zero attached hydrogens (tertiary/aromatic N) is 4. The maximum Gasteiger partial charge on any atom is 0.433 e. The highest BCUT2D eigenvalue weighted by atomic mass is 32.2. The van der Waals surface area contributed by atoms with Gasteiger partial charge in [0, 0.05) is 7.05 Å². The van der Waals surface area contributed by atoms with E-state index in [1.807, 2.05) is 0 Å². The summed E-state index contributed by atoms with van der Waals surface area (Å²) in [5.74, 6) is -1.86. The standard InChI is InChI=1S/C18H19F6N5O3S/c1-9-11(5-6-13(25-9)18(22,23)24)15(30)26-12(7-17(19,20)21)14-27-28-16(29(14)2)33(31,32)8-10-3-4-10/h5-6,10,12H,3-4,7-8H2,1-2H3,(H,26,30)/t12-/m0/s1. The van der Waals surface area contributed by atoms with Gasteiger partial charge in [-0.15, -0.1) is 10.2 Å². The molecular formula is C18H19F6N5O3S.